The Morgan fingerprint density at radius 1 is 1.47 bits per heavy atom. The van der Waals surface area contributed by atoms with Gasteiger partial charge in [0.1, 0.15) is 0 Å². The van der Waals surface area contributed by atoms with Gasteiger partial charge in [-0.3, -0.25) is 0 Å². The van der Waals surface area contributed by atoms with Crippen LogP contribution in [0.3, 0.4) is 0 Å². The van der Waals surface area contributed by atoms with Crippen molar-refractivity contribution in [3.63, 3.8) is 0 Å². The number of thiazole rings is 1. The average molecular weight is 254 g/mol. The first-order valence-corrected chi connectivity index (χ1v) is 7.10. The first-order chi connectivity index (χ1) is 8.06. The maximum Gasteiger partial charge on any atom is 0.0900 e. The number of nitrogens with one attached hydrogen (secondary N) is 1. The van der Waals surface area contributed by atoms with Gasteiger partial charge in [-0.15, -0.1) is 11.3 Å². The normalized spacial score (nSPS) is 20.0. The largest absolute Gasteiger partial charge is 0.377 e. The van der Waals surface area contributed by atoms with Gasteiger partial charge < -0.3 is 10.1 Å². The molecule has 0 saturated heterocycles. The summed E-state index contributed by atoms with van der Waals surface area (Å²) in [5.74, 6) is 0. The second-order valence-corrected chi connectivity index (χ2v) is 6.26. The van der Waals surface area contributed by atoms with E-state index in [0.717, 1.165) is 17.2 Å². The summed E-state index contributed by atoms with van der Waals surface area (Å²) in [6, 6.07) is 0.369. The minimum Gasteiger partial charge on any atom is -0.377 e. The lowest BCUT2D eigenvalue weighted by molar-refractivity contribution is -0.0706. The van der Waals surface area contributed by atoms with Crippen LogP contribution >= 0.6 is 11.3 Å². The third kappa shape index (κ3) is 2.69. The van der Waals surface area contributed by atoms with Crippen molar-refractivity contribution in [1.82, 2.24) is 10.3 Å². The summed E-state index contributed by atoms with van der Waals surface area (Å²) < 4.78 is 5.62. The van der Waals surface area contributed by atoms with E-state index < -0.39 is 0 Å². The van der Waals surface area contributed by atoms with Gasteiger partial charge in [-0.25, -0.2) is 4.98 Å². The molecule has 17 heavy (non-hydrogen) atoms. The molecule has 0 aliphatic heterocycles. The Kier molecular flexibility index (Phi) is 3.85. The lowest BCUT2D eigenvalue weighted by Crippen LogP contribution is -2.48. The molecule has 96 valence electrons. The number of methoxy groups -OCH3 is 1. The summed E-state index contributed by atoms with van der Waals surface area (Å²) in [7, 11) is 1.83. The van der Waals surface area contributed by atoms with Crippen molar-refractivity contribution >= 4 is 11.3 Å². The highest BCUT2D eigenvalue weighted by Gasteiger charge is 2.37. The van der Waals surface area contributed by atoms with E-state index in [2.05, 4.69) is 31.1 Å². The van der Waals surface area contributed by atoms with Crippen molar-refractivity contribution < 1.29 is 4.74 Å². The SMILES string of the molecule is COC1(CNC(C)c2sc(C)nc2C)CCC1. The molecule has 1 heterocycles. The van der Waals surface area contributed by atoms with E-state index in [4.69, 9.17) is 4.74 Å². The van der Waals surface area contributed by atoms with Crippen molar-refractivity contribution in [3.05, 3.63) is 15.6 Å². The highest BCUT2D eigenvalue weighted by molar-refractivity contribution is 7.11. The Hall–Kier alpha value is -0.450. The van der Waals surface area contributed by atoms with Gasteiger partial charge in [-0.1, -0.05) is 0 Å². The van der Waals surface area contributed by atoms with Crippen LogP contribution in [0.2, 0.25) is 0 Å². The zero-order valence-electron chi connectivity index (χ0n) is 11.2. The zero-order valence-corrected chi connectivity index (χ0v) is 12.0. The zero-order chi connectivity index (χ0) is 12.5. The van der Waals surface area contributed by atoms with E-state index in [9.17, 15) is 0 Å². The molecule has 0 radical (unpaired) electrons. The molecule has 0 bridgehead atoms. The maximum atomic E-state index is 5.62. The highest BCUT2D eigenvalue weighted by Crippen LogP contribution is 2.35. The number of hydrogen-bond donors (Lipinski definition) is 1. The van der Waals surface area contributed by atoms with Crippen LogP contribution in [-0.4, -0.2) is 24.2 Å². The Bertz CT molecular complexity index is 379. The second kappa shape index (κ2) is 5.04. The highest BCUT2D eigenvalue weighted by atomic mass is 32.1. The van der Waals surface area contributed by atoms with Crippen LogP contribution in [0.5, 0.6) is 0 Å². The summed E-state index contributed by atoms with van der Waals surface area (Å²) in [6.07, 6.45) is 3.66. The first kappa shape index (κ1) is 13.0. The number of nitrogens with zero attached hydrogens (tertiary/aromatic N) is 1. The van der Waals surface area contributed by atoms with Gasteiger partial charge in [-0.05, 0) is 40.0 Å². The van der Waals surface area contributed by atoms with E-state index in [1.165, 1.54) is 24.1 Å². The fraction of sp³-hybridized carbons (Fsp3) is 0.769. The van der Waals surface area contributed by atoms with Crippen LogP contribution < -0.4 is 5.32 Å². The molecule has 1 aromatic rings. The lowest BCUT2D eigenvalue weighted by atomic mass is 9.80. The molecule has 3 nitrogen and oxygen atoms in total. The standard InChI is InChI=1S/C13H22N2OS/c1-9(12-10(2)15-11(3)17-12)14-8-13(16-4)6-5-7-13/h9,14H,5-8H2,1-4H3. The van der Waals surface area contributed by atoms with Crippen molar-refractivity contribution in [1.29, 1.82) is 0 Å². The van der Waals surface area contributed by atoms with Crippen molar-refractivity contribution in [3.8, 4) is 0 Å². The maximum absolute atomic E-state index is 5.62. The van der Waals surface area contributed by atoms with Crippen LogP contribution in [0.15, 0.2) is 0 Å². The van der Waals surface area contributed by atoms with E-state index >= 15 is 0 Å². The monoisotopic (exact) mass is 254 g/mol. The third-order valence-corrected chi connectivity index (χ3v) is 5.02. The molecule has 1 aromatic heterocycles. The van der Waals surface area contributed by atoms with E-state index in [1.54, 1.807) is 11.3 Å². The minimum absolute atomic E-state index is 0.0991. The average Bonchev–Trinajstić information content (AvgIpc) is 2.57. The molecule has 0 aromatic carbocycles. The molecule has 1 aliphatic carbocycles. The molecule has 1 saturated carbocycles. The second-order valence-electron chi connectivity index (χ2n) is 5.03. The molecule has 1 N–H and O–H groups in total. The summed E-state index contributed by atoms with van der Waals surface area (Å²) in [5, 5.41) is 4.74. The topological polar surface area (TPSA) is 34.1 Å². The Morgan fingerprint density at radius 2 is 2.18 bits per heavy atom. The molecule has 1 atom stereocenters. The molecule has 1 fully saturated rings. The third-order valence-electron chi connectivity index (χ3n) is 3.76. The predicted molar refractivity (Wildman–Crippen MR) is 71.6 cm³/mol. The summed E-state index contributed by atoms with van der Waals surface area (Å²) in [5.41, 5.74) is 1.26. The fourth-order valence-corrected chi connectivity index (χ4v) is 3.36. The quantitative estimate of drug-likeness (QED) is 0.877. The van der Waals surface area contributed by atoms with Crippen molar-refractivity contribution in [2.75, 3.05) is 13.7 Å². The first-order valence-electron chi connectivity index (χ1n) is 6.29. The molecular formula is C13H22N2OS. The van der Waals surface area contributed by atoms with Gasteiger partial charge in [0.05, 0.1) is 16.3 Å². The van der Waals surface area contributed by atoms with E-state index in [-0.39, 0.29) is 5.60 Å². The van der Waals surface area contributed by atoms with E-state index in [1.807, 2.05) is 7.11 Å². The number of aromatic nitrogens is 1. The fourth-order valence-electron chi connectivity index (χ4n) is 2.40. The molecule has 1 unspecified atom stereocenters. The molecule has 4 heteroatoms. The summed E-state index contributed by atoms with van der Waals surface area (Å²) in [4.78, 5) is 5.83. The Morgan fingerprint density at radius 3 is 2.59 bits per heavy atom. The number of ether oxygens (including phenoxy) is 1. The molecule has 2 rings (SSSR count). The lowest BCUT2D eigenvalue weighted by Gasteiger charge is -2.41. The van der Waals surface area contributed by atoms with Gasteiger partial charge in [0.2, 0.25) is 0 Å². The van der Waals surface area contributed by atoms with Crippen LogP contribution in [0.1, 0.15) is 47.8 Å². The number of rotatable bonds is 5. The van der Waals surface area contributed by atoms with Gasteiger partial charge >= 0.3 is 0 Å². The number of aryl methyl sites for hydroxylation is 2. The van der Waals surface area contributed by atoms with Crippen LogP contribution in [0.4, 0.5) is 0 Å². The van der Waals surface area contributed by atoms with Crippen LogP contribution in [0.25, 0.3) is 0 Å². The molecule has 1 aliphatic rings. The minimum atomic E-state index is 0.0991. The molecular weight excluding hydrogens is 232 g/mol. The summed E-state index contributed by atoms with van der Waals surface area (Å²) in [6.45, 7) is 7.31. The van der Waals surface area contributed by atoms with Gasteiger partial charge in [0.15, 0.2) is 0 Å². The summed E-state index contributed by atoms with van der Waals surface area (Å²) >= 11 is 1.79. The van der Waals surface area contributed by atoms with Crippen LogP contribution in [0, 0.1) is 13.8 Å². The van der Waals surface area contributed by atoms with Gasteiger partial charge in [-0.2, -0.15) is 0 Å². The van der Waals surface area contributed by atoms with Gasteiger partial charge in [0, 0.05) is 24.6 Å². The Labute approximate surface area is 108 Å². The van der Waals surface area contributed by atoms with Gasteiger partial charge in [0.25, 0.3) is 0 Å². The Balaban J connectivity index is 1.93. The van der Waals surface area contributed by atoms with Crippen LogP contribution in [-0.2, 0) is 4.74 Å². The van der Waals surface area contributed by atoms with Crippen molar-refractivity contribution in [2.24, 2.45) is 0 Å². The molecule has 0 spiro atoms. The number of hydrogen-bond acceptors (Lipinski definition) is 4. The van der Waals surface area contributed by atoms with Crippen molar-refractivity contribution in [2.45, 2.75) is 51.7 Å². The van der Waals surface area contributed by atoms with E-state index in [0.29, 0.717) is 6.04 Å². The smallest absolute Gasteiger partial charge is 0.0900 e. The molecule has 0 amide bonds. The predicted octanol–water partition coefficient (Wildman–Crippen LogP) is 2.98.